The number of hydrogen-bond donors (Lipinski definition) is 4. The number of aromatic nitrogens is 4. The Balaban J connectivity index is 0.0000134. The molecule has 0 aliphatic carbocycles. The summed E-state index contributed by atoms with van der Waals surface area (Å²) < 4.78 is 87.7. The van der Waals surface area contributed by atoms with Crippen molar-refractivity contribution in [3.05, 3.63) is 235 Å². The Labute approximate surface area is 886 Å². The number of benzene rings is 8. The van der Waals surface area contributed by atoms with Crippen LogP contribution >= 0.6 is 0 Å². The molecule has 4 amide bonds. The Morgan fingerprint density at radius 1 is 0.268 bits per heavy atom. The maximum atomic E-state index is 15.4. The molecule has 0 saturated carbocycles. The second-order valence-electron chi connectivity index (χ2n) is 40.7. The molecule has 22 rings (SSSR count). The van der Waals surface area contributed by atoms with E-state index in [1.807, 2.05) is 72.8 Å². The summed E-state index contributed by atoms with van der Waals surface area (Å²) >= 11 is 0. The van der Waals surface area contributed by atoms with Crippen molar-refractivity contribution in [2.24, 2.45) is 0 Å². The Morgan fingerprint density at radius 3 is 0.698 bits per heavy atom. The molecule has 11 aliphatic rings. The van der Waals surface area contributed by atoms with E-state index in [1.165, 1.54) is 0 Å². The molecule has 0 unspecified atom stereocenters. The summed E-state index contributed by atoms with van der Waals surface area (Å²) in [7, 11) is 0. The van der Waals surface area contributed by atoms with Gasteiger partial charge in [-0.25, -0.2) is 9.97 Å². The molecule has 11 aromatic rings. The van der Waals surface area contributed by atoms with Gasteiger partial charge < -0.3 is 88.1 Å². The SMILES string of the molecule is CCCCCC1c2cc3c4c5c2OCOc2c1cc1c6c2CNC(=O)CCCCCOc2ccccc2-c2c7nc(c(c8ccc([n-]8)c8c9nc(c(c%10ccc2[n-]%10)-c2ccccc2OCCCCCC(=O)NCc2c(c(cc%10c2OCOc2c(cc(c(c2CNC(=O)CCCCCOc2ccccc2-8)OCO4)C3CCCCC)C%10CCCCC)C1CCCCC)OCO6)C=C9)-c1ccccc1OCCCCCC(=O)NC5)C=C7.[Zn+2]. The quantitative estimate of drug-likeness (QED) is 0.0516. The van der Waals surface area contributed by atoms with E-state index >= 15 is 19.2 Å². The van der Waals surface area contributed by atoms with Crippen LogP contribution in [0.4, 0.5) is 0 Å². The van der Waals surface area contributed by atoms with Crippen LogP contribution in [0.1, 0.15) is 346 Å². The van der Waals surface area contributed by atoms with Gasteiger partial charge in [-0.1, -0.05) is 202 Å². The molecule has 4 N–H and O–H groups in total. The zero-order chi connectivity index (χ0) is 101. The van der Waals surface area contributed by atoms with Crippen molar-refractivity contribution in [3.63, 3.8) is 0 Å². The number of para-hydroxylation sites is 4. The predicted octanol–water partition coefficient (Wildman–Crippen LogP) is 26.6. The van der Waals surface area contributed by atoms with Crippen LogP contribution in [-0.4, -0.2) is 87.2 Å². The van der Waals surface area contributed by atoms with Gasteiger partial charge in [-0.05, 0) is 198 Å². The first-order valence-corrected chi connectivity index (χ1v) is 54.8. The number of amides is 4. The Morgan fingerprint density at radius 2 is 0.483 bits per heavy atom. The van der Waals surface area contributed by atoms with Crippen LogP contribution in [0.25, 0.3) is 90.9 Å². The molecule has 149 heavy (non-hydrogen) atoms. The van der Waals surface area contributed by atoms with Crippen LogP contribution in [0.2, 0.25) is 0 Å². The molecule has 3 aromatic heterocycles. The van der Waals surface area contributed by atoms with Crippen molar-refractivity contribution in [1.82, 2.24) is 41.2 Å². The van der Waals surface area contributed by atoms with E-state index in [9.17, 15) is 0 Å². The first-order chi connectivity index (χ1) is 73.0. The number of carbonyl (C=O) groups is 4. The average molecular weight is 2060 g/mol. The Kier molecular flexibility index (Phi) is 33.3. The van der Waals surface area contributed by atoms with Crippen LogP contribution < -0.4 is 88.1 Å². The van der Waals surface area contributed by atoms with Crippen molar-refractivity contribution < 1.29 is 95.5 Å². The standard InChI is InChI=1S/C124H138N8O16.Zn/c1-5-9-17-37-77-85-65-87-78(38-18-10-6-2)89-67-91-80(40-20-12-8-4)92-68-90-79(39-19-11-7-3)88-66-86(77)118-94-70-126-110(134)50-22-14-34-62-138-106-46-30-26-42-82(106)114-98-54-53-97(129-98)113-81-41-25-29-45-105(81)137-61-33-13-21-49-109(133)125-69-93(117(85)141-73-142-118)119(87)143-74-145-121(89)95-71-127-111(135)51-23-15-35-63-139-107-47-31-27-43-83(107)115(101-57-55-99(113)130-101)103-59-60-104(132-103)116(102-58-56-100(114)131-102)84-44-28-32-48-108(84)140-64-36-16-24-52-112(136)128-72-96(122(90)146-75-144-120(88)94)124(92)148-76-147-123(91)95;/h25-32,41-48,53-60,65-68,77-80H,5-24,33-40,49-52,61-64,69-76H2,1-4H3,(H6,125,126,127,128,129,130,131,132,133,134,135,136);/q;+2/p-2. The first kappa shape index (κ1) is 103. The number of carbonyl (C=O) groups excluding carboxylic acids is 4. The maximum absolute atomic E-state index is 15.4. The van der Waals surface area contributed by atoms with E-state index in [4.69, 9.17) is 76.8 Å². The molecule has 30 bridgehead atoms. The number of hydrogen-bond acceptors (Lipinski definition) is 18. The van der Waals surface area contributed by atoms with Crippen LogP contribution in [-0.2, 0) is 64.8 Å². The average Bonchev–Trinajstić information content (AvgIpc) is 0.876. The van der Waals surface area contributed by atoms with Gasteiger partial charge in [0, 0.05) is 116 Å². The number of nitrogens with one attached hydrogen (secondary N) is 4. The van der Waals surface area contributed by atoms with Crippen molar-refractivity contribution in [3.8, 4) is 114 Å². The molecular weight excluding hydrogens is 1920 g/mol. The number of ether oxygens (including phenoxy) is 12. The molecule has 8 aromatic carbocycles. The Bertz CT molecular complexity index is 6090. The summed E-state index contributed by atoms with van der Waals surface area (Å²) in [6.45, 7) is 9.28. The topological polar surface area (TPSA) is 281 Å². The molecule has 25 heteroatoms. The van der Waals surface area contributed by atoms with E-state index in [2.05, 4.69) is 146 Å². The van der Waals surface area contributed by atoms with Gasteiger partial charge in [0.2, 0.25) is 50.8 Å². The predicted molar refractivity (Wildman–Crippen MR) is 576 cm³/mol. The number of unbranched alkanes of at least 4 members (excludes halogenated alkanes) is 8. The van der Waals surface area contributed by atoms with Gasteiger partial charge in [-0.3, -0.25) is 19.2 Å². The maximum Gasteiger partial charge on any atom is 2.00 e. The van der Waals surface area contributed by atoms with Crippen molar-refractivity contribution in [2.45, 2.75) is 283 Å². The van der Waals surface area contributed by atoms with Crippen molar-refractivity contribution in [1.29, 1.82) is 0 Å². The second kappa shape index (κ2) is 48.4. The molecule has 11 aliphatic heterocycles. The third-order valence-corrected chi connectivity index (χ3v) is 30.9. The van der Waals surface area contributed by atoms with E-state index in [0.29, 0.717) is 265 Å². The van der Waals surface area contributed by atoms with Crippen LogP contribution in [0.3, 0.4) is 0 Å². The molecular formula is C124H136N8O16Zn. The Hall–Kier alpha value is -13.5. The fraction of sp³-hybridized carbons (Fsp3) is 0.419. The molecule has 0 spiro atoms. The summed E-state index contributed by atoms with van der Waals surface area (Å²) in [6, 6.07) is 50.0. The molecule has 24 nitrogen and oxygen atoms in total. The zero-order valence-corrected chi connectivity index (χ0v) is 89.6. The second-order valence-corrected chi connectivity index (χ2v) is 40.7. The summed E-state index contributed by atoms with van der Waals surface area (Å²) in [4.78, 5) is 84.6. The minimum Gasteiger partial charge on any atom is -0.657 e. The van der Waals surface area contributed by atoms with Gasteiger partial charge in [0.25, 0.3) is 0 Å². The number of fused-ring (bicyclic) bond motifs is 20. The molecule has 0 atom stereocenters. The molecule has 0 radical (unpaired) electrons. The third kappa shape index (κ3) is 22.1. The van der Waals surface area contributed by atoms with Crippen LogP contribution in [0, 0.1) is 0 Å². The van der Waals surface area contributed by atoms with Gasteiger partial charge >= 0.3 is 19.5 Å². The summed E-state index contributed by atoms with van der Waals surface area (Å²) in [5.41, 5.74) is 21.0. The van der Waals surface area contributed by atoms with Gasteiger partial charge in [-0.2, -0.15) is 0 Å². The minimum atomic E-state index is -0.452. The molecule has 770 valence electrons. The first-order valence-electron chi connectivity index (χ1n) is 54.8. The molecule has 0 saturated heterocycles. The monoisotopic (exact) mass is 2060 g/mol. The zero-order valence-electron chi connectivity index (χ0n) is 86.6. The van der Waals surface area contributed by atoms with Crippen molar-refractivity contribution >= 4 is 70.0 Å². The summed E-state index contributed by atoms with van der Waals surface area (Å²) in [5.74, 6) is 4.51. The van der Waals surface area contributed by atoms with E-state index in [-0.39, 0.29) is 122 Å². The van der Waals surface area contributed by atoms with E-state index < -0.39 is 23.7 Å². The summed E-state index contributed by atoms with van der Waals surface area (Å²) in [6.07, 6.45) is 29.7. The fourth-order valence-corrected chi connectivity index (χ4v) is 23.4. The fourth-order valence-electron chi connectivity index (χ4n) is 23.4. The largest absolute Gasteiger partial charge is 2.00 e. The molecule has 0 fully saturated rings. The van der Waals surface area contributed by atoms with Crippen LogP contribution in [0.5, 0.6) is 69.0 Å². The van der Waals surface area contributed by atoms with Crippen molar-refractivity contribution in [2.75, 3.05) is 53.6 Å². The van der Waals surface area contributed by atoms with Gasteiger partial charge in [0.15, 0.2) is 0 Å². The third-order valence-electron chi connectivity index (χ3n) is 30.9. The van der Waals surface area contributed by atoms with E-state index in [0.717, 1.165) is 166 Å². The van der Waals surface area contributed by atoms with Gasteiger partial charge in [-0.15, -0.1) is 22.1 Å². The minimum absolute atomic E-state index is 0. The van der Waals surface area contributed by atoms with Crippen LogP contribution in [0.15, 0.2) is 146 Å². The molecule has 14 heterocycles. The smallest absolute Gasteiger partial charge is 0.657 e. The van der Waals surface area contributed by atoms with E-state index in [1.54, 1.807) is 0 Å². The number of nitrogens with zero attached hydrogens (tertiary/aromatic N) is 4. The normalized spacial score (nSPS) is 18.3. The number of rotatable bonds is 16. The van der Waals surface area contributed by atoms with Gasteiger partial charge in [0.05, 0.1) is 97.6 Å². The van der Waals surface area contributed by atoms with Gasteiger partial charge in [0.1, 0.15) is 69.0 Å². The summed E-state index contributed by atoms with van der Waals surface area (Å²) in [5, 5.41) is 13.9.